The zero-order valence-corrected chi connectivity index (χ0v) is 11.1. The van der Waals surface area contributed by atoms with Crippen molar-refractivity contribution in [2.24, 2.45) is 0 Å². The van der Waals surface area contributed by atoms with Gasteiger partial charge in [0.2, 0.25) is 0 Å². The second-order valence-corrected chi connectivity index (χ2v) is 5.09. The number of aromatic carboxylic acids is 1. The van der Waals surface area contributed by atoms with E-state index in [4.69, 9.17) is 9.84 Å². The molecule has 0 aromatic heterocycles. The molecule has 1 N–H and O–H groups in total. The Hall–Kier alpha value is -2.13. The fourth-order valence-electron chi connectivity index (χ4n) is 2.05. The lowest BCUT2D eigenvalue weighted by Crippen LogP contribution is -1.95. The minimum Gasteiger partial charge on any atom is -0.478 e. The van der Waals surface area contributed by atoms with Crippen LogP contribution in [0.3, 0.4) is 0 Å². The van der Waals surface area contributed by atoms with Gasteiger partial charge in [0.1, 0.15) is 0 Å². The summed E-state index contributed by atoms with van der Waals surface area (Å²) in [4.78, 5) is 10.8. The lowest BCUT2D eigenvalue weighted by molar-refractivity contribution is 0.0697. The highest BCUT2D eigenvalue weighted by Crippen LogP contribution is 2.25. The molecular formula is C17H16O3. The summed E-state index contributed by atoms with van der Waals surface area (Å²) in [5, 5.41) is 8.88. The number of hydrogen-bond donors (Lipinski definition) is 1. The quantitative estimate of drug-likeness (QED) is 0.898. The Kier molecular flexibility index (Phi) is 3.52. The second-order valence-electron chi connectivity index (χ2n) is 5.09. The highest BCUT2D eigenvalue weighted by atomic mass is 16.5. The largest absolute Gasteiger partial charge is 0.478 e. The van der Waals surface area contributed by atoms with E-state index < -0.39 is 5.97 Å². The molecule has 0 bridgehead atoms. The molecule has 0 aliphatic heterocycles. The molecule has 0 unspecified atom stereocenters. The van der Waals surface area contributed by atoms with Crippen LogP contribution in [0.25, 0.3) is 11.1 Å². The molecule has 3 rings (SSSR count). The number of rotatable bonds is 5. The van der Waals surface area contributed by atoms with Crippen LogP contribution in [-0.4, -0.2) is 17.2 Å². The van der Waals surface area contributed by atoms with Crippen LogP contribution in [-0.2, 0) is 11.3 Å². The molecular weight excluding hydrogens is 252 g/mol. The molecule has 1 fully saturated rings. The van der Waals surface area contributed by atoms with Crippen LogP contribution in [0.4, 0.5) is 0 Å². The lowest BCUT2D eigenvalue weighted by Gasteiger charge is -2.05. The van der Waals surface area contributed by atoms with Gasteiger partial charge in [-0.25, -0.2) is 4.79 Å². The summed E-state index contributed by atoms with van der Waals surface area (Å²) in [7, 11) is 0. The average Bonchev–Trinajstić information content (AvgIpc) is 3.30. The first-order valence-corrected chi connectivity index (χ1v) is 6.76. The monoisotopic (exact) mass is 268 g/mol. The molecule has 20 heavy (non-hydrogen) atoms. The Morgan fingerprint density at radius 1 is 1.00 bits per heavy atom. The van der Waals surface area contributed by atoms with E-state index in [-0.39, 0.29) is 0 Å². The Bertz CT molecular complexity index is 595. The summed E-state index contributed by atoms with van der Waals surface area (Å²) in [5.74, 6) is -0.899. The third-order valence-corrected chi connectivity index (χ3v) is 3.43. The fraction of sp³-hybridized carbons (Fsp3) is 0.235. The molecule has 102 valence electrons. The van der Waals surface area contributed by atoms with Gasteiger partial charge in [0.15, 0.2) is 0 Å². The van der Waals surface area contributed by atoms with Crippen LogP contribution < -0.4 is 0 Å². The summed E-state index contributed by atoms with van der Waals surface area (Å²) in [6.07, 6.45) is 2.85. The molecule has 0 amide bonds. The molecule has 1 saturated carbocycles. The van der Waals surface area contributed by atoms with Gasteiger partial charge in [0, 0.05) is 0 Å². The first-order chi connectivity index (χ1) is 9.72. The molecule has 1 aliphatic carbocycles. The molecule has 0 spiro atoms. The normalized spacial score (nSPS) is 14.2. The molecule has 3 nitrogen and oxygen atoms in total. The van der Waals surface area contributed by atoms with E-state index in [9.17, 15) is 4.79 Å². The maximum atomic E-state index is 10.8. The van der Waals surface area contributed by atoms with Crippen molar-refractivity contribution >= 4 is 5.97 Å². The fourth-order valence-corrected chi connectivity index (χ4v) is 2.05. The number of ether oxygens (including phenoxy) is 1. The molecule has 0 heterocycles. The number of benzene rings is 2. The average molecular weight is 268 g/mol. The van der Waals surface area contributed by atoms with E-state index >= 15 is 0 Å². The zero-order chi connectivity index (χ0) is 13.9. The number of carboxylic acids is 1. The van der Waals surface area contributed by atoms with Gasteiger partial charge < -0.3 is 9.84 Å². The van der Waals surface area contributed by atoms with E-state index in [1.807, 2.05) is 24.3 Å². The van der Waals surface area contributed by atoms with Crippen molar-refractivity contribution in [3.05, 3.63) is 59.7 Å². The predicted molar refractivity (Wildman–Crippen MR) is 76.6 cm³/mol. The van der Waals surface area contributed by atoms with Gasteiger partial charge in [0.05, 0.1) is 18.3 Å². The van der Waals surface area contributed by atoms with Gasteiger partial charge in [-0.05, 0) is 41.7 Å². The van der Waals surface area contributed by atoms with E-state index in [0.29, 0.717) is 18.3 Å². The maximum Gasteiger partial charge on any atom is 0.335 e. The van der Waals surface area contributed by atoms with E-state index in [1.54, 1.807) is 12.1 Å². The van der Waals surface area contributed by atoms with Crippen molar-refractivity contribution in [2.75, 3.05) is 0 Å². The summed E-state index contributed by atoms with van der Waals surface area (Å²) in [6, 6.07) is 15.1. The van der Waals surface area contributed by atoms with Crippen LogP contribution in [0.5, 0.6) is 0 Å². The third-order valence-electron chi connectivity index (χ3n) is 3.43. The lowest BCUT2D eigenvalue weighted by atomic mass is 10.0. The van der Waals surface area contributed by atoms with Gasteiger partial charge in [-0.1, -0.05) is 36.4 Å². The van der Waals surface area contributed by atoms with Crippen molar-refractivity contribution in [1.29, 1.82) is 0 Å². The van der Waals surface area contributed by atoms with Crippen molar-refractivity contribution in [3.63, 3.8) is 0 Å². The standard InChI is InChI=1S/C17H16O3/c18-17(19)15-7-5-14(6-8-15)13-3-1-12(2-4-13)11-20-16-9-10-16/h1-8,16H,9-11H2,(H,18,19). The predicted octanol–water partition coefficient (Wildman–Crippen LogP) is 3.73. The molecule has 3 heteroatoms. The minimum absolute atomic E-state index is 0.309. The molecule has 1 aliphatic rings. The maximum absolute atomic E-state index is 10.8. The second kappa shape index (κ2) is 5.47. The van der Waals surface area contributed by atoms with Crippen molar-refractivity contribution < 1.29 is 14.6 Å². The Morgan fingerprint density at radius 3 is 2.05 bits per heavy atom. The number of carbonyl (C=O) groups is 1. The molecule has 2 aromatic rings. The first kappa shape index (κ1) is 12.9. The van der Waals surface area contributed by atoms with E-state index in [2.05, 4.69) is 12.1 Å². The van der Waals surface area contributed by atoms with Crippen LogP contribution in [0.1, 0.15) is 28.8 Å². The topological polar surface area (TPSA) is 46.5 Å². The highest BCUT2D eigenvalue weighted by molar-refractivity contribution is 5.88. The van der Waals surface area contributed by atoms with Gasteiger partial charge in [0.25, 0.3) is 0 Å². The van der Waals surface area contributed by atoms with Gasteiger partial charge in [-0.2, -0.15) is 0 Å². The number of hydrogen-bond acceptors (Lipinski definition) is 2. The minimum atomic E-state index is -0.899. The summed E-state index contributed by atoms with van der Waals surface area (Å²) in [6.45, 7) is 0.670. The van der Waals surface area contributed by atoms with Crippen LogP contribution in [0.15, 0.2) is 48.5 Å². The third kappa shape index (κ3) is 3.06. The Balaban J connectivity index is 1.70. The molecule has 0 saturated heterocycles. The van der Waals surface area contributed by atoms with Gasteiger partial charge in [-0.15, -0.1) is 0 Å². The smallest absolute Gasteiger partial charge is 0.335 e. The number of carboxylic acid groups (broad SMARTS) is 1. The van der Waals surface area contributed by atoms with E-state index in [0.717, 1.165) is 11.1 Å². The summed E-state index contributed by atoms with van der Waals surface area (Å²) >= 11 is 0. The summed E-state index contributed by atoms with van der Waals surface area (Å²) < 4.78 is 5.66. The van der Waals surface area contributed by atoms with Gasteiger partial charge >= 0.3 is 5.97 Å². The summed E-state index contributed by atoms with van der Waals surface area (Å²) in [5.41, 5.74) is 3.58. The van der Waals surface area contributed by atoms with Crippen molar-refractivity contribution in [1.82, 2.24) is 0 Å². The highest BCUT2D eigenvalue weighted by Gasteiger charge is 2.21. The van der Waals surface area contributed by atoms with Crippen LogP contribution >= 0.6 is 0 Å². The van der Waals surface area contributed by atoms with Crippen molar-refractivity contribution in [2.45, 2.75) is 25.6 Å². The van der Waals surface area contributed by atoms with Gasteiger partial charge in [-0.3, -0.25) is 0 Å². The molecule has 0 atom stereocenters. The molecule has 2 aromatic carbocycles. The Morgan fingerprint density at radius 2 is 1.55 bits per heavy atom. The van der Waals surface area contributed by atoms with Crippen molar-refractivity contribution in [3.8, 4) is 11.1 Å². The SMILES string of the molecule is O=C(O)c1ccc(-c2ccc(COC3CC3)cc2)cc1. The van der Waals surface area contributed by atoms with E-state index in [1.165, 1.54) is 18.4 Å². The van der Waals surface area contributed by atoms with Crippen LogP contribution in [0, 0.1) is 0 Å². The zero-order valence-electron chi connectivity index (χ0n) is 11.1. The Labute approximate surface area is 117 Å². The van der Waals surface area contributed by atoms with Crippen LogP contribution in [0.2, 0.25) is 0 Å². The first-order valence-electron chi connectivity index (χ1n) is 6.76. The molecule has 0 radical (unpaired) electrons.